The second-order valence-corrected chi connectivity index (χ2v) is 7.58. The van der Waals surface area contributed by atoms with Crippen LogP contribution in [0.4, 0.5) is 0 Å². The molecule has 0 aliphatic carbocycles. The van der Waals surface area contributed by atoms with E-state index in [-0.39, 0.29) is 30.4 Å². The molecule has 6 heteroatoms. The molecule has 1 N–H and O–H groups in total. The number of hydrogen-bond donors (Lipinski definition) is 1. The Balaban J connectivity index is 1.68. The van der Waals surface area contributed by atoms with Crippen molar-refractivity contribution in [3.05, 3.63) is 41.6 Å². The minimum absolute atomic E-state index is 0.0687. The normalized spacial score (nSPS) is 26.4. The van der Waals surface area contributed by atoms with Gasteiger partial charge in [0.1, 0.15) is 5.70 Å². The zero-order chi connectivity index (χ0) is 18.8. The van der Waals surface area contributed by atoms with Gasteiger partial charge >= 0.3 is 0 Å². The molecule has 2 fully saturated rings. The number of imide groups is 1. The van der Waals surface area contributed by atoms with E-state index >= 15 is 0 Å². The highest BCUT2D eigenvalue weighted by Gasteiger charge is 2.43. The minimum atomic E-state index is -0.233. The molecule has 3 heterocycles. The monoisotopic (exact) mass is 370 g/mol. The van der Waals surface area contributed by atoms with E-state index in [1.54, 1.807) is 0 Å². The summed E-state index contributed by atoms with van der Waals surface area (Å²) < 4.78 is 5.66. The maximum atomic E-state index is 13.3. The van der Waals surface area contributed by atoms with Crippen molar-refractivity contribution >= 4 is 17.4 Å². The third kappa shape index (κ3) is 3.51. The summed E-state index contributed by atoms with van der Waals surface area (Å²) in [6.07, 6.45) is 3.63. The standard InChI is InChI=1S/C21H26N2O4/c24-14-15-6-4-10-22(12-15)19-18(16-7-2-1-3-8-16)20(25)23(21(19)26)13-17-9-5-11-27-17/h1-3,7-8,15,17,24H,4-6,9-14H2. The van der Waals surface area contributed by atoms with Gasteiger partial charge < -0.3 is 14.7 Å². The topological polar surface area (TPSA) is 70.1 Å². The minimum Gasteiger partial charge on any atom is -0.396 e. The molecule has 4 rings (SSSR count). The van der Waals surface area contributed by atoms with Crippen LogP contribution in [0.3, 0.4) is 0 Å². The lowest BCUT2D eigenvalue weighted by Gasteiger charge is -2.34. The maximum absolute atomic E-state index is 13.3. The molecule has 1 aromatic rings. The van der Waals surface area contributed by atoms with Gasteiger partial charge in [0.05, 0.1) is 18.2 Å². The molecule has 3 aliphatic heterocycles. The number of piperidine rings is 1. The van der Waals surface area contributed by atoms with Gasteiger partial charge in [0, 0.05) is 26.3 Å². The fraction of sp³-hybridized carbons (Fsp3) is 0.524. The number of ether oxygens (including phenoxy) is 1. The molecule has 0 spiro atoms. The molecule has 0 saturated carbocycles. The predicted molar refractivity (Wildman–Crippen MR) is 100 cm³/mol. The zero-order valence-electron chi connectivity index (χ0n) is 15.5. The van der Waals surface area contributed by atoms with Gasteiger partial charge in [-0.05, 0) is 37.2 Å². The van der Waals surface area contributed by atoms with Crippen LogP contribution >= 0.6 is 0 Å². The summed E-state index contributed by atoms with van der Waals surface area (Å²) in [7, 11) is 0. The Morgan fingerprint density at radius 3 is 2.59 bits per heavy atom. The Morgan fingerprint density at radius 1 is 1.07 bits per heavy atom. The van der Waals surface area contributed by atoms with Gasteiger partial charge in [0.2, 0.25) is 0 Å². The Morgan fingerprint density at radius 2 is 1.89 bits per heavy atom. The lowest BCUT2D eigenvalue weighted by molar-refractivity contribution is -0.139. The van der Waals surface area contributed by atoms with Crippen molar-refractivity contribution in [3.63, 3.8) is 0 Å². The SMILES string of the molecule is O=C1C(c2ccccc2)=C(N2CCCC(CO)C2)C(=O)N1CC1CCCO1. The molecule has 2 unspecified atom stereocenters. The molecule has 1 aromatic carbocycles. The first-order valence-corrected chi connectivity index (χ1v) is 9.82. The number of benzene rings is 1. The van der Waals surface area contributed by atoms with Gasteiger partial charge in [0.15, 0.2) is 0 Å². The highest BCUT2D eigenvalue weighted by atomic mass is 16.5. The molecule has 2 saturated heterocycles. The molecule has 6 nitrogen and oxygen atoms in total. The fourth-order valence-electron chi connectivity index (χ4n) is 4.30. The average Bonchev–Trinajstić information content (AvgIpc) is 3.31. The number of carbonyl (C=O) groups is 2. The van der Waals surface area contributed by atoms with E-state index in [4.69, 9.17) is 4.74 Å². The summed E-state index contributed by atoms with van der Waals surface area (Å²) in [5, 5.41) is 9.57. The number of likely N-dealkylation sites (tertiary alicyclic amines) is 1. The summed E-state index contributed by atoms with van der Waals surface area (Å²) in [5.74, 6) is -0.325. The quantitative estimate of drug-likeness (QED) is 0.798. The van der Waals surface area contributed by atoms with Crippen molar-refractivity contribution in [2.75, 3.05) is 32.8 Å². The summed E-state index contributed by atoms with van der Waals surface area (Å²) in [6.45, 7) is 2.45. The van der Waals surface area contributed by atoms with Crippen molar-refractivity contribution < 1.29 is 19.4 Å². The van der Waals surface area contributed by atoms with Gasteiger partial charge in [-0.1, -0.05) is 30.3 Å². The van der Waals surface area contributed by atoms with Gasteiger partial charge in [0.25, 0.3) is 11.8 Å². The number of aliphatic hydroxyl groups is 1. The molecular weight excluding hydrogens is 344 g/mol. The lowest BCUT2D eigenvalue weighted by atomic mass is 9.97. The second-order valence-electron chi connectivity index (χ2n) is 7.58. The van der Waals surface area contributed by atoms with E-state index in [1.807, 2.05) is 35.2 Å². The Kier molecular flexibility index (Phi) is 5.27. The molecule has 2 atom stereocenters. The molecule has 0 radical (unpaired) electrons. The van der Waals surface area contributed by atoms with Crippen molar-refractivity contribution in [2.45, 2.75) is 31.8 Å². The van der Waals surface area contributed by atoms with E-state index in [9.17, 15) is 14.7 Å². The van der Waals surface area contributed by atoms with Crippen molar-refractivity contribution in [1.29, 1.82) is 0 Å². The van der Waals surface area contributed by atoms with Crippen molar-refractivity contribution in [3.8, 4) is 0 Å². The molecule has 27 heavy (non-hydrogen) atoms. The summed E-state index contributed by atoms with van der Waals surface area (Å²) in [4.78, 5) is 29.9. The zero-order valence-corrected chi connectivity index (χ0v) is 15.5. The molecule has 144 valence electrons. The smallest absolute Gasteiger partial charge is 0.277 e. The Labute approximate surface area is 159 Å². The Bertz CT molecular complexity index is 740. The first kappa shape index (κ1) is 18.2. The largest absolute Gasteiger partial charge is 0.396 e. The van der Waals surface area contributed by atoms with Crippen LogP contribution in [0.15, 0.2) is 36.0 Å². The van der Waals surface area contributed by atoms with Crippen LogP contribution in [0.1, 0.15) is 31.2 Å². The first-order chi connectivity index (χ1) is 13.2. The van der Waals surface area contributed by atoms with Crippen molar-refractivity contribution in [2.24, 2.45) is 5.92 Å². The molecule has 2 amide bonds. The lowest BCUT2D eigenvalue weighted by Crippen LogP contribution is -2.42. The highest BCUT2D eigenvalue weighted by Crippen LogP contribution is 2.34. The highest BCUT2D eigenvalue weighted by molar-refractivity contribution is 6.35. The van der Waals surface area contributed by atoms with Crippen molar-refractivity contribution in [1.82, 2.24) is 9.80 Å². The first-order valence-electron chi connectivity index (χ1n) is 9.82. The Hall–Kier alpha value is -2.18. The number of nitrogens with zero attached hydrogens (tertiary/aromatic N) is 2. The third-order valence-electron chi connectivity index (χ3n) is 5.71. The number of amides is 2. The van der Waals surface area contributed by atoms with Crippen LogP contribution in [0.25, 0.3) is 5.57 Å². The van der Waals surface area contributed by atoms with E-state index in [2.05, 4.69) is 0 Å². The van der Waals surface area contributed by atoms with Gasteiger partial charge in [-0.25, -0.2) is 0 Å². The van der Waals surface area contributed by atoms with Crippen LogP contribution in [-0.4, -0.2) is 65.7 Å². The number of carbonyl (C=O) groups excluding carboxylic acids is 2. The summed E-state index contributed by atoms with van der Waals surface area (Å²) >= 11 is 0. The molecule has 3 aliphatic rings. The van der Waals surface area contributed by atoms with Crippen LogP contribution in [0.5, 0.6) is 0 Å². The second kappa shape index (κ2) is 7.82. The summed E-state index contributed by atoms with van der Waals surface area (Å²) in [5.41, 5.74) is 1.74. The fourth-order valence-corrected chi connectivity index (χ4v) is 4.30. The number of aliphatic hydroxyl groups excluding tert-OH is 1. The van der Waals surface area contributed by atoms with Gasteiger partial charge in [-0.2, -0.15) is 0 Å². The van der Waals surface area contributed by atoms with E-state index in [0.29, 0.717) is 31.0 Å². The van der Waals surface area contributed by atoms with Gasteiger partial charge in [-0.15, -0.1) is 0 Å². The van der Waals surface area contributed by atoms with Crippen LogP contribution < -0.4 is 0 Å². The third-order valence-corrected chi connectivity index (χ3v) is 5.71. The van der Waals surface area contributed by atoms with Crippen LogP contribution in [-0.2, 0) is 14.3 Å². The van der Waals surface area contributed by atoms with E-state index < -0.39 is 0 Å². The number of hydrogen-bond acceptors (Lipinski definition) is 5. The predicted octanol–water partition coefficient (Wildman–Crippen LogP) is 1.65. The summed E-state index contributed by atoms with van der Waals surface area (Å²) in [6, 6.07) is 9.42. The van der Waals surface area contributed by atoms with E-state index in [0.717, 1.165) is 37.8 Å². The van der Waals surface area contributed by atoms with Gasteiger partial charge in [-0.3, -0.25) is 14.5 Å². The molecule has 0 aromatic heterocycles. The molecular formula is C21H26N2O4. The van der Waals surface area contributed by atoms with Crippen LogP contribution in [0, 0.1) is 5.92 Å². The van der Waals surface area contributed by atoms with Crippen LogP contribution in [0.2, 0.25) is 0 Å². The average molecular weight is 370 g/mol. The molecule has 0 bridgehead atoms. The number of rotatable bonds is 5. The van der Waals surface area contributed by atoms with E-state index in [1.165, 1.54) is 4.90 Å². The maximum Gasteiger partial charge on any atom is 0.277 e.